The minimum Gasteiger partial charge on any atom is -0.325 e. The lowest BCUT2D eigenvalue weighted by atomic mass is 10.3. The molecule has 1 atom stereocenters. The number of anilines is 1. The van der Waals surface area contributed by atoms with Crippen LogP contribution in [0.25, 0.3) is 0 Å². The third-order valence-electron chi connectivity index (χ3n) is 3.16. The Morgan fingerprint density at radius 3 is 2.83 bits per heavy atom. The number of hydrogen-bond acceptors (Lipinski definition) is 2. The molecule has 2 nitrogen and oxygen atoms in total. The van der Waals surface area contributed by atoms with Gasteiger partial charge in [-0.3, -0.25) is 4.79 Å². The molecule has 1 fully saturated rings. The van der Waals surface area contributed by atoms with Gasteiger partial charge in [0.15, 0.2) is 0 Å². The van der Waals surface area contributed by atoms with Gasteiger partial charge in [0.2, 0.25) is 5.91 Å². The molecule has 1 aromatic rings. The molecular formula is C14H18ClNOS. The maximum Gasteiger partial charge on any atom is 0.237 e. The molecule has 1 aliphatic rings. The number of amides is 1. The third kappa shape index (κ3) is 3.92. The van der Waals surface area contributed by atoms with E-state index >= 15 is 0 Å². The van der Waals surface area contributed by atoms with Gasteiger partial charge in [0.05, 0.1) is 5.25 Å². The summed E-state index contributed by atoms with van der Waals surface area (Å²) in [6, 6.07) is 7.27. The Bertz CT molecular complexity index is 418. The zero-order valence-electron chi connectivity index (χ0n) is 10.5. The summed E-state index contributed by atoms with van der Waals surface area (Å²) in [4.78, 5) is 12.0. The molecule has 1 aliphatic carbocycles. The monoisotopic (exact) mass is 283 g/mol. The van der Waals surface area contributed by atoms with Crippen molar-refractivity contribution in [2.45, 2.75) is 43.1 Å². The van der Waals surface area contributed by atoms with Crippen LogP contribution in [0.5, 0.6) is 0 Å². The topological polar surface area (TPSA) is 29.1 Å². The minimum absolute atomic E-state index is 0.00733. The molecule has 18 heavy (non-hydrogen) atoms. The number of carbonyl (C=O) groups excluding carboxylic acids is 1. The summed E-state index contributed by atoms with van der Waals surface area (Å²) in [5.74, 6) is 0.0640. The van der Waals surface area contributed by atoms with Crippen LogP contribution in [0.1, 0.15) is 32.6 Å². The molecular weight excluding hydrogens is 266 g/mol. The smallest absolute Gasteiger partial charge is 0.237 e. The van der Waals surface area contributed by atoms with Crippen molar-refractivity contribution in [2.24, 2.45) is 0 Å². The number of carbonyl (C=O) groups is 1. The number of nitrogens with one attached hydrogen (secondary N) is 1. The number of halogens is 1. The van der Waals surface area contributed by atoms with Crippen LogP contribution in [0.3, 0.4) is 0 Å². The largest absolute Gasteiger partial charge is 0.325 e. The van der Waals surface area contributed by atoms with Crippen LogP contribution in [0, 0.1) is 0 Å². The van der Waals surface area contributed by atoms with Crippen LogP contribution in [0.4, 0.5) is 5.69 Å². The van der Waals surface area contributed by atoms with Crippen molar-refractivity contribution in [1.82, 2.24) is 0 Å². The molecule has 98 valence electrons. The van der Waals surface area contributed by atoms with Crippen molar-refractivity contribution in [3.8, 4) is 0 Å². The van der Waals surface area contributed by atoms with E-state index in [1.165, 1.54) is 25.7 Å². The first-order valence-electron chi connectivity index (χ1n) is 6.37. The van der Waals surface area contributed by atoms with Crippen LogP contribution in [-0.4, -0.2) is 16.4 Å². The molecule has 0 unspecified atom stereocenters. The summed E-state index contributed by atoms with van der Waals surface area (Å²) >= 11 is 7.68. The van der Waals surface area contributed by atoms with Gasteiger partial charge in [-0.2, -0.15) is 0 Å². The number of rotatable bonds is 4. The lowest BCUT2D eigenvalue weighted by Gasteiger charge is -2.16. The van der Waals surface area contributed by atoms with Crippen molar-refractivity contribution >= 4 is 35.0 Å². The van der Waals surface area contributed by atoms with Crippen molar-refractivity contribution < 1.29 is 4.79 Å². The predicted octanol–water partition coefficient (Wildman–Crippen LogP) is 4.34. The van der Waals surface area contributed by atoms with Crippen molar-refractivity contribution in [3.63, 3.8) is 0 Å². The molecule has 0 spiro atoms. The second kappa shape index (κ2) is 6.48. The second-order valence-corrected chi connectivity index (χ2v) is 6.77. The quantitative estimate of drug-likeness (QED) is 0.890. The summed E-state index contributed by atoms with van der Waals surface area (Å²) < 4.78 is 0. The van der Waals surface area contributed by atoms with Gasteiger partial charge in [-0.05, 0) is 38.0 Å². The van der Waals surface area contributed by atoms with Crippen LogP contribution >= 0.6 is 23.4 Å². The zero-order chi connectivity index (χ0) is 13.0. The maximum atomic E-state index is 12.0. The molecule has 0 aliphatic heterocycles. The first-order chi connectivity index (χ1) is 8.65. The van der Waals surface area contributed by atoms with E-state index in [0.29, 0.717) is 10.3 Å². The maximum absolute atomic E-state index is 12.0. The molecule has 1 aromatic carbocycles. The average molecular weight is 284 g/mol. The van der Waals surface area contributed by atoms with Crippen LogP contribution in [0.2, 0.25) is 5.02 Å². The average Bonchev–Trinajstić information content (AvgIpc) is 2.81. The Labute approximate surface area is 117 Å². The Kier molecular flexibility index (Phi) is 4.95. The highest BCUT2D eigenvalue weighted by Crippen LogP contribution is 2.32. The van der Waals surface area contributed by atoms with E-state index in [4.69, 9.17) is 11.6 Å². The fraction of sp³-hybridized carbons (Fsp3) is 0.500. The molecule has 0 saturated heterocycles. The first kappa shape index (κ1) is 13.8. The third-order valence-corrected chi connectivity index (χ3v) is 4.87. The van der Waals surface area contributed by atoms with Gasteiger partial charge >= 0.3 is 0 Å². The van der Waals surface area contributed by atoms with E-state index in [-0.39, 0.29) is 11.2 Å². The Morgan fingerprint density at radius 2 is 2.17 bits per heavy atom. The van der Waals surface area contributed by atoms with E-state index in [1.54, 1.807) is 23.9 Å². The molecule has 0 heterocycles. The fourth-order valence-corrected chi connectivity index (χ4v) is 3.74. The predicted molar refractivity (Wildman–Crippen MR) is 79.4 cm³/mol. The molecule has 1 saturated carbocycles. The fourth-order valence-electron chi connectivity index (χ4n) is 2.19. The minimum atomic E-state index is -0.00733. The summed E-state index contributed by atoms with van der Waals surface area (Å²) in [5, 5.41) is 4.20. The zero-order valence-corrected chi connectivity index (χ0v) is 12.1. The second-order valence-electron chi connectivity index (χ2n) is 4.68. The molecule has 0 bridgehead atoms. The van der Waals surface area contributed by atoms with E-state index in [9.17, 15) is 4.79 Å². The van der Waals surface area contributed by atoms with Gasteiger partial charge in [0, 0.05) is 16.0 Å². The number of hydrogen-bond donors (Lipinski definition) is 1. The van der Waals surface area contributed by atoms with Gasteiger partial charge in [0.25, 0.3) is 0 Å². The molecule has 1 amide bonds. The van der Waals surface area contributed by atoms with Crippen LogP contribution in [-0.2, 0) is 4.79 Å². The van der Waals surface area contributed by atoms with E-state index in [2.05, 4.69) is 5.32 Å². The summed E-state index contributed by atoms with van der Waals surface area (Å²) in [7, 11) is 0. The van der Waals surface area contributed by atoms with Crippen molar-refractivity contribution in [3.05, 3.63) is 29.3 Å². The highest BCUT2D eigenvalue weighted by Gasteiger charge is 2.22. The lowest BCUT2D eigenvalue weighted by molar-refractivity contribution is -0.115. The Hall–Kier alpha value is -0.670. The Balaban J connectivity index is 1.86. The Morgan fingerprint density at radius 1 is 1.44 bits per heavy atom. The van der Waals surface area contributed by atoms with Gasteiger partial charge in [-0.15, -0.1) is 11.8 Å². The van der Waals surface area contributed by atoms with Crippen LogP contribution < -0.4 is 5.32 Å². The van der Waals surface area contributed by atoms with E-state index in [0.717, 1.165) is 5.69 Å². The van der Waals surface area contributed by atoms with Gasteiger partial charge < -0.3 is 5.32 Å². The van der Waals surface area contributed by atoms with Gasteiger partial charge in [-0.25, -0.2) is 0 Å². The number of benzene rings is 1. The van der Waals surface area contributed by atoms with Gasteiger partial charge in [-0.1, -0.05) is 30.5 Å². The van der Waals surface area contributed by atoms with Crippen molar-refractivity contribution in [2.75, 3.05) is 5.32 Å². The lowest BCUT2D eigenvalue weighted by Crippen LogP contribution is -2.24. The first-order valence-corrected chi connectivity index (χ1v) is 7.69. The standard InChI is InChI=1S/C14H18ClNOS/c1-10(18-13-7-2-3-8-13)14(17)16-12-6-4-5-11(15)9-12/h4-6,9-10,13H,2-3,7-8H2,1H3,(H,16,17)/t10-/m1/s1. The highest BCUT2D eigenvalue weighted by molar-refractivity contribution is 8.01. The molecule has 4 heteroatoms. The van der Waals surface area contributed by atoms with E-state index < -0.39 is 0 Å². The molecule has 2 rings (SSSR count). The summed E-state index contributed by atoms with van der Waals surface area (Å²) in [6.45, 7) is 1.98. The molecule has 1 N–H and O–H groups in total. The van der Waals surface area contributed by atoms with E-state index in [1.807, 2.05) is 19.1 Å². The molecule has 0 aromatic heterocycles. The van der Waals surface area contributed by atoms with Crippen LogP contribution in [0.15, 0.2) is 24.3 Å². The molecule has 0 radical (unpaired) electrons. The summed E-state index contributed by atoms with van der Waals surface area (Å²) in [6.07, 6.45) is 5.11. The number of thioether (sulfide) groups is 1. The van der Waals surface area contributed by atoms with Crippen molar-refractivity contribution in [1.29, 1.82) is 0 Å². The SMILES string of the molecule is C[C@@H](SC1CCCC1)C(=O)Nc1cccc(Cl)c1. The highest BCUT2D eigenvalue weighted by atomic mass is 35.5. The van der Waals surface area contributed by atoms with Gasteiger partial charge in [0.1, 0.15) is 0 Å². The summed E-state index contributed by atoms with van der Waals surface area (Å²) in [5.41, 5.74) is 0.770. The normalized spacial score (nSPS) is 17.7.